The van der Waals surface area contributed by atoms with Gasteiger partial charge >= 0.3 is 18.0 Å². The van der Waals surface area contributed by atoms with Crippen molar-refractivity contribution in [1.82, 2.24) is 10.0 Å². The number of rotatable bonds is 13. The molecule has 0 heterocycles. The van der Waals surface area contributed by atoms with Crippen LogP contribution in [0.2, 0.25) is 0 Å². The zero-order valence-electron chi connectivity index (χ0n) is 17.6. The van der Waals surface area contributed by atoms with Crippen LogP contribution in [0.25, 0.3) is 0 Å². The van der Waals surface area contributed by atoms with Crippen LogP contribution in [-0.2, 0) is 40.4 Å². The average molecular weight is 460 g/mol. The lowest BCUT2D eigenvalue weighted by Crippen LogP contribution is -2.66. The molecule has 12 heteroatoms. The summed E-state index contributed by atoms with van der Waals surface area (Å²) in [6.45, 7) is 0.724. The summed E-state index contributed by atoms with van der Waals surface area (Å²) in [5, 5.41) is 2.22. The lowest BCUT2D eigenvalue weighted by Gasteiger charge is -2.29. The van der Waals surface area contributed by atoms with Gasteiger partial charge in [-0.25, -0.2) is 22.8 Å². The molecule has 0 aliphatic rings. The molecule has 174 valence electrons. The number of nitrogens with one attached hydrogen (secondary N) is 2. The number of methoxy groups -OCH3 is 1. The van der Waals surface area contributed by atoms with E-state index in [1.807, 2.05) is 11.6 Å². The van der Waals surface area contributed by atoms with Gasteiger partial charge in [0.15, 0.2) is 0 Å². The van der Waals surface area contributed by atoms with Crippen molar-refractivity contribution in [1.29, 1.82) is 0 Å². The molecule has 1 unspecified atom stereocenters. The molecule has 1 atom stereocenters. The largest absolute Gasteiger partial charge is 0.467 e. The second-order valence-corrected chi connectivity index (χ2v) is 8.35. The van der Waals surface area contributed by atoms with Gasteiger partial charge in [0, 0.05) is 6.54 Å². The highest BCUT2D eigenvalue weighted by Gasteiger charge is 2.52. The van der Waals surface area contributed by atoms with Gasteiger partial charge in [0.2, 0.25) is 15.6 Å². The summed E-state index contributed by atoms with van der Waals surface area (Å²) in [5.74, 6) is -3.09. The summed E-state index contributed by atoms with van der Waals surface area (Å²) in [7, 11) is -3.24. The molecule has 1 amide bonds. The Morgan fingerprint density at radius 3 is 2.35 bits per heavy atom. The van der Waals surface area contributed by atoms with Gasteiger partial charge in [-0.1, -0.05) is 43.7 Å². The van der Waals surface area contributed by atoms with Crippen LogP contribution in [0, 0.1) is 0 Å². The van der Waals surface area contributed by atoms with Crippen LogP contribution in [-0.4, -0.2) is 64.5 Å². The first-order valence-electron chi connectivity index (χ1n) is 9.62. The molecule has 0 fully saturated rings. The first kappa shape index (κ1) is 26.3. The number of unbranched alkanes of at least 4 members (excludes halogenated alkanes) is 1. The van der Waals surface area contributed by atoms with Gasteiger partial charge in [0.05, 0.1) is 26.0 Å². The molecule has 1 aromatic rings. The molecule has 0 aliphatic heterocycles. The zero-order valence-corrected chi connectivity index (χ0v) is 18.4. The van der Waals surface area contributed by atoms with Gasteiger partial charge in [0.25, 0.3) is 0 Å². The van der Waals surface area contributed by atoms with Crippen molar-refractivity contribution in [2.75, 3.05) is 32.6 Å². The summed E-state index contributed by atoms with van der Waals surface area (Å²) in [6, 6.07) is 8.55. The predicted octanol–water partition coefficient (Wildman–Crippen LogP) is 0.0460. The number of sulfonamides is 1. The number of nitrogens with two attached hydrogens (primary N) is 1. The number of benzene rings is 1. The highest BCUT2D eigenvalue weighted by Crippen LogP contribution is 2.14. The highest BCUT2D eigenvalue weighted by atomic mass is 32.2. The summed E-state index contributed by atoms with van der Waals surface area (Å²) in [5.41, 5.74) is 3.34. The third kappa shape index (κ3) is 8.52. The molecule has 0 saturated heterocycles. The molecule has 1 aromatic carbocycles. The first-order valence-corrected chi connectivity index (χ1v) is 11.3. The van der Waals surface area contributed by atoms with E-state index in [-0.39, 0.29) is 19.8 Å². The van der Waals surface area contributed by atoms with Gasteiger partial charge < -0.3 is 25.3 Å². The van der Waals surface area contributed by atoms with E-state index in [4.69, 9.17) is 15.2 Å². The number of hydrogen-bond donors (Lipinski definition) is 3. The number of esters is 2. The number of alkyl carbamates (subject to hydrolysis) is 1. The normalized spacial score (nSPS) is 13.0. The predicted molar refractivity (Wildman–Crippen MR) is 111 cm³/mol. The molecule has 4 N–H and O–H groups in total. The summed E-state index contributed by atoms with van der Waals surface area (Å²) < 4.78 is 41.5. The molecular weight excluding hydrogens is 430 g/mol. The van der Waals surface area contributed by atoms with Gasteiger partial charge in [-0.2, -0.15) is 4.72 Å². The molecule has 0 saturated carbocycles. The summed E-state index contributed by atoms with van der Waals surface area (Å²) in [6.07, 6.45) is 0.456. The fourth-order valence-corrected chi connectivity index (χ4v) is 3.59. The van der Waals surface area contributed by atoms with Crippen molar-refractivity contribution >= 4 is 28.1 Å². The Bertz CT molecular complexity index is 832. The molecule has 0 aromatic heterocycles. The van der Waals surface area contributed by atoms with Crippen LogP contribution in [0.5, 0.6) is 0 Å². The maximum absolute atomic E-state index is 12.9. The molecule has 1 rings (SSSR count). The second kappa shape index (κ2) is 12.9. The Morgan fingerprint density at radius 1 is 1.10 bits per heavy atom. The Hall–Kier alpha value is -2.70. The number of carbonyl (C=O) groups is 3. The molecule has 0 radical (unpaired) electrons. The van der Waals surface area contributed by atoms with Crippen LogP contribution in [0.4, 0.5) is 4.79 Å². The molecule has 0 aliphatic carbocycles. The highest BCUT2D eigenvalue weighted by molar-refractivity contribution is 7.89. The van der Waals surface area contributed by atoms with E-state index in [1.54, 1.807) is 30.3 Å². The topological polar surface area (TPSA) is 163 Å². The third-order valence-corrected chi connectivity index (χ3v) is 5.47. The molecule has 0 bridgehead atoms. The van der Waals surface area contributed by atoms with Crippen molar-refractivity contribution < 1.29 is 37.0 Å². The lowest BCUT2D eigenvalue weighted by molar-refractivity contribution is -0.164. The monoisotopic (exact) mass is 459 g/mol. The minimum Gasteiger partial charge on any atom is -0.467 e. The van der Waals surface area contributed by atoms with E-state index in [2.05, 4.69) is 10.1 Å². The van der Waals surface area contributed by atoms with Gasteiger partial charge in [-0.15, -0.1) is 0 Å². The van der Waals surface area contributed by atoms with E-state index in [0.717, 1.165) is 13.5 Å². The van der Waals surface area contributed by atoms with Crippen LogP contribution >= 0.6 is 0 Å². The standard InChI is InChI=1S/C19H29N3O8S/c1-3-4-11-29-18(25)21-14-19(16(23)28-2,22-31(26,27)12-10-20)17(24)30-13-15-8-6-5-7-9-15/h5-9,22H,3-4,10-14,20H2,1-2H3,(H,21,25). The van der Waals surface area contributed by atoms with Crippen molar-refractivity contribution in [3.63, 3.8) is 0 Å². The molecular formula is C19H29N3O8S. The minimum atomic E-state index is -4.21. The SMILES string of the molecule is CCCCOC(=O)NCC(NS(=O)(=O)CCN)(C(=O)OC)C(=O)OCc1ccccc1. The van der Waals surface area contributed by atoms with Gasteiger partial charge in [0.1, 0.15) is 6.61 Å². The fraction of sp³-hybridized carbons (Fsp3) is 0.526. The van der Waals surface area contributed by atoms with E-state index in [1.165, 1.54) is 0 Å². The Balaban J connectivity index is 3.13. The van der Waals surface area contributed by atoms with E-state index in [0.29, 0.717) is 12.0 Å². The lowest BCUT2D eigenvalue weighted by atomic mass is 10.0. The molecule has 0 spiro atoms. The Kier molecular flexibility index (Phi) is 10.9. The summed E-state index contributed by atoms with van der Waals surface area (Å²) >= 11 is 0. The van der Waals surface area contributed by atoms with Gasteiger partial charge in [-0.3, -0.25) is 0 Å². The molecule has 31 heavy (non-hydrogen) atoms. The average Bonchev–Trinajstić information content (AvgIpc) is 2.75. The third-order valence-electron chi connectivity index (χ3n) is 4.04. The Labute approximate surface area is 181 Å². The number of carbonyl (C=O) groups excluding carboxylic acids is 3. The maximum Gasteiger partial charge on any atom is 0.407 e. The summed E-state index contributed by atoms with van der Waals surface area (Å²) in [4.78, 5) is 37.4. The van der Waals surface area contributed by atoms with E-state index in [9.17, 15) is 22.8 Å². The van der Waals surface area contributed by atoms with E-state index >= 15 is 0 Å². The maximum atomic E-state index is 12.9. The van der Waals surface area contributed by atoms with Crippen molar-refractivity contribution in [2.24, 2.45) is 5.73 Å². The van der Waals surface area contributed by atoms with Crippen molar-refractivity contribution in [2.45, 2.75) is 31.9 Å². The number of ether oxygens (including phenoxy) is 3. The van der Waals surface area contributed by atoms with Crippen molar-refractivity contribution in [3.8, 4) is 0 Å². The van der Waals surface area contributed by atoms with Crippen molar-refractivity contribution in [3.05, 3.63) is 35.9 Å². The Morgan fingerprint density at radius 2 is 1.77 bits per heavy atom. The quantitative estimate of drug-likeness (QED) is 0.160. The van der Waals surface area contributed by atoms with E-state index < -0.39 is 45.9 Å². The van der Waals surface area contributed by atoms with Crippen LogP contribution in [0.1, 0.15) is 25.3 Å². The van der Waals surface area contributed by atoms with Crippen LogP contribution < -0.4 is 15.8 Å². The zero-order chi connectivity index (χ0) is 23.3. The number of amides is 1. The number of hydrogen-bond acceptors (Lipinski definition) is 9. The van der Waals surface area contributed by atoms with Crippen LogP contribution in [0.15, 0.2) is 30.3 Å². The first-order chi connectivity index (χ1) is 14.7. The fourth-order valence-electron chi connectivity index (χ4n) is 2.40. The minimum absolute atomic E-state index is 0.116. The molecule has 11 nitrogen and oxygen atoms in total. The van der Waals surface area contributed by atoms with Crippen LogP contribution in [0.3, 0.4) is 0 Å². The van der Waals surface area contributed by atoms with Gasteiger partial charge in [-0.05, 0) is 12.0 Å². The smallest absolute Gasteiger partial charge is 0.407 e. The second-order valence-electron chi connectivity index (χ2n) is 6.51.